The quantitative estimate of drug-likeness (QED) is 0.639. The van der Waals surface area contributed by atoms with E-state index in [2.05, 4.69) is 0 Å². The highest BCUT2D eigenvalue weighted by molar-refractivity contribution is 6.30. The third kappa shape index (κ3) is 5.65. The Morgan fingerprint density at radius 1 is 1.33 bits per heavy atom. The Kier molecular flexibility index (Phi) is 7.18. The van der Waals surface area contributed by atoms with Crippen LogP contribution in [0.25, 0.3) is 0 Å². The van der Waals surface area contributed by atoms with Gasteiger partial charge >= 0.3 is 0 Å². The minimum absolute atomic E-state index is 0. The van der Waals surface area contributed by atoms with E-state index in [1.165, 1.54) is 5.56 Å². The van der Waals surface area contributed by atoms with Crippen molar-refractivity contribution in [2.75, 3.05) is 6.61 Å². The van der Waals surface area contributed by atoms with Crippen LogP contribution in [0.2, 0.25) is 5.02 Å². The minimum Gasteiger partial charge on any atom is -0.481 e. The molecule has 0 atom stereocenters. The summed E-state index contributed by atoms with van der Waals surface area (Å²) < 4.78 is 5.04. The Morgan fingerprint density at radius 3 is 2.47 bits per heavy atom. The maximum absolute atomic E-state index is 7.43. The fourth-order valence-electron chi connectivity index (χ4n) is 1.16. The fraction of sp³-hybridized carbons (Fsp3) is 0.364. The van der Waals surface area contributed by atoms with Gasteiger partial charge in [0.25, 0.3) is 0 Å². The molecule has 0 heterocycles. The summed E-state index contributed by atoms with van der Waals surface area (Å²) in [6, 6.07) is 7.67. The minimum atomic E-state index is 0. The second kappa shape index (κ2) is 7.55. The summed E-state index contributed by atoms with van der Waals surface area (Å²) in [4.78, 5) is 0. The average Bonchev–Trinajstić information content (AvgIpc) is 2.17. The van der Waals surface area contributed by atoms with Gasteiger partial charge in [0, 0.05) is 11.4 Å². The highest BCUT2D eigenvalue weighted by atomic mass is 35.5. The van der Waals surface area contributed by atoms with E-state index in [1.807, 2.05) is 31.2 Å². The molecule has 1 aromatic carbocycles. The van der Waals surface area contributed by atoms with Crippen molar-refractivity contribution in [3.63, 3.8) is 0 Å². The molecule has 0 fully saturated rings. The van der Waals surface area contributed by atoms with E-state index in [-0.39, 0.29) is 12.4 Å². The van der Waals surface area contributed by atoms with Crippen molar-refractivity contribution in [1.82, 2.24) is 0 Å². The molecule has 4 heteroatoms. The van der Waals surface area contributed by atoms with E-state index >= 15 is 0 Å². The Hall–Kier alpha value is -0.730. The van der Waals surface area contributed by atoms with Crippen molar-refractivity contribution in [2.45, 2.75) is 19.8 Å². The van der Waals surface area contributed by atoms with Crippen molar-refractivity contribution in [2.24, 2.45) is 0 Å². The van der Waals surface area contributed by atoms with Crippen LogP contribution in [-0.2, 0) is 11.2 Å². The molecule has 0 saturated carbocycles. The predicted octanol–water partition coefficient (Wildman–Crippen LogP) is 3.71. The Labute approximate surface area is 102 Å². The Balaban J connectivity index is 0.00000196. The van der Waals surface area contributed by atoms with Gasteiger partial charge in [-0.05, 0) is 31.0 Å². The van der Waals surface area contributed by atoms with Crippen molar-refractivity contribution >= 4 is 29.9 Å². The van der Waals surface area contributed by atoms with Crippen molar-refractivity contribution in [3.8, 4) is 0 Å². The molecule has 15 heavy (non-hydrogen) atoms. The second-order valence-corrected chi connectivity index (χ2v) is 3.42. The number of benzene rings is 1. The first-order valence-electron chi connectivity index (χ1n) is 4.67. The molecule has 1 aromatic rings. The first-order chi connectivity index (χ1) is 6.72. The number of halogens is 2. The van der Waals surface area contributed by atoms with Crippen LogP contribution in [0.1, 0.15) is 18.9 Å². The Morgan fingerprint density at radius 2 is 1.93 bits per heavy atom. The maximum atomic E-state index is 7.43. The SMILES string of the molecule is CCOC(=N)CCc1ccc(Cl)cc1.Cl. The van der Waals surface area contributed by atoms with Crippen LogP contribution in [0, 0.1) is 5.41 Å². The van der Waals surface area contributed by atoms with E-state index in [1.54, 1.807) is 0 Å². The van der Waals surface area contributed by atoms with Crippen molar-refractivity contribution in [1.29, 1.82) is 5.41 Å². The first kappa shape index (κ1) is 14.3. The molecule has 0 unspecified atom stereocenters. The molecule has 0 aliphatic heterocycles. The molecule has 2 nitrogen and oxygen atoms in total. The standard InChI is InChI=1S/C11H14ClNO.ClH/c1-2-14-11(13)8-5-9-3-6-10(12)7-4-9;/h3-4,6-7,13H,2,5,8H2,1H3;1H. The Bertz CT molecular complexity index is 298. The van der Waals surface area contributed by atoms with E-state index in [4.69, 9.17) is 21.7 Å². The van der Waals surface area contributed by atoms with Gasteiger partial charge in [0.1, 0.15) is 0 Å². The number of hydrogen-bond acceptors (Lipinski definition) is 2. The largest absolute Gasteiger partial charge is 0.481 e. The highest BCUT2D eigenvalue weighted by Gasteiger charge is 1.98. The van der Waals surface area contributed by atoms with Crippen LogP contribution >= 0.6 is 24.0 Å². The van der Waals surface area contributed by atoms with Crippen LogP contribution in [0.4, 0.5) is 0 Å². The number of rotatable bonds is 4. The van der Waals surface area contributed by atoms with Crippen LogP contribution < -0.4 is 0 Å². The average molecular weight is 248 g/mol. The molecule has 0 spiro atoms. The molecule has 0 saturated heterocycles. The normalized spacial score (nSPS) is 9.20. The number of ether oxygens (including phenoxy) is 1. The molecular formula is C11H15Cl2NO. The molecule has 0 radical (unpaired) electrons. The molecule has 1 N–H and O–H groups in total. The molecular weight excluding hydrogens is 233 g/mol. The van der Waals surface area contributed by atoms with E-state index in [0.717, 1.165) is 11.4 Å². The third-order valence-electron chi connectivity index (χ3n) is 1.87. The van der Waals surface area contributed by atoms with Gasteiger partial charge in [-0.15, -0.1) is 12.4 Å². The summed E-state index contributed by atoms with van der Waals surface area (Å²) in [5.41, 5.74) is 1.18. The van der Waals surface area contributed by atoms with Crippen molar-refractivity contribution < 1.29 is 4.74 Å². The lowest BCUT2D eigenvalue weighted by Gasteiger charge is -2.04. The summed E-state index contributed by atoms with van der Waals surface area (Å²) >= 11 is 5.76. The van der Waals surface area contributed by atoms with E-state index < -0.39 is 0 Å². The van der Waals surface area contributed by atoms with Gasteiger partial charge in [0.2, 0.25) is 0 Å². The summed E-state index contributed by atoms with van der Waals surface area (Å²) in [5, 5.41) is 8.18. The van der Waals surface area contributed by atoms with Gasteiger partial charge in [-0.2, -0.15) is 0 Å². The molecule has 0 aromatic heterocycles. The molecule has 0 aliphatic carbocycles. The second-order valence-electron chi connectivity index (χ2n) is 2.98. The van der Waals surface area contributed by atoms with Crippen LogP contribution in [-0.4, -0.2) is 12.5 Å². The smallest absolute Gasteiger partial charge is 0.180 e. The van der Waals surface area contributed by atoms with Crippen LogP contribution in [0.15, 0.2) is 24.3 Å². The molecule has 1 rings (SSSR count). The van der Waals surface area contributed by atoms with Gasteiger partial charge in [0.05, 0.1) is 6.61 Å². The van der Waals surface area contributed by atoms with E-state index in [9.17, 15) is 0 Å². The topological polar surface area (TPSA) is 33.1 Å². The summed E-state index contributed by atoms with van der Waals surface area (Å²) in [6.07, 6.45) is 1.48. The zero-order valence-corrected chi connectivity index (χ0v) is 10.2. The summed E-state index contributed by atoms with van der Waals surface area (Å²) in [5.74, 6) is 0.349. The van der Waals surface area contributed by atoms with Gasteiger partial charge in [-0.1, -0.05) is 23.7 Å². The number of hydrogen-bond donors (Lipinski definition) is 1. The number of aryl methyl sites for hydroxylation is 1. The van der Waals surface area contributed by atoms with Crippen LogP contribution in [0.5, 0.6) is 0 Å². The molecule has 84 valence electrons. The molecule has 0 aliphatic rings. The fourth-order valence-corrected chi connectivity index (χ4v) is 1.28. The van der Waals surface area contributed by atoms with E-state index in [0.29, 0.717) is 18.9 Å². The zero-order valence-electron chi connectivity index (χ0n) is 8.63. The van der Waals surface area contributed by atoms with Gasteiger partial charge in [-0.3, -0.25) is 5.41 Å². The third-order valence-corrected chi connectivity index (χ3v) is 2.12. The van der Waals surface area contributed by atoms with Crippen molar-refractivity contribution in [3.05, 3.63) is 34.9 Å². The molecule has 0 amide bonds. The maximum Gasteiger partial charge on any atom is 0.180 e. The summed E-state index contributed by atoms with van der Waals surface area (Å²) in [6.45, 7) is 2.45. The predicted molar refractivity (Wildman–Crippen MR) is 66.4 cm³/mol. The summed E-state index contributed by atoms with van der Waals surface area (Å²) in [7, 11) is 0. The lowest BCUT2D eigenvalue weighted by Crippen LogP contribution is -2.04. The van der Waals surface area contributed by atoms with Crippen LogP contribution in [0.3, 0.4) is 0 Å². The zero-order chi connectivity index (χ0) is 10.4. The lowest BCUT2D eigenvalue weighted by molar-refractivity contribution is 0.314. The highest BCUT2D eigenvalue weighted by Crippen LogP contribution is 2.11. The van der Waals surface area contributed by atoms with Gasteiger partial charge in [0.15, 0.2) is 5.90 Å². The molecule has 0 bridgehead atoms. The first-order valence-corrected chi connectivity index (χ1v) is 5.05. The monoisotopic (exact) mass is 247 g/mol. The van der Waals surface area contributed by atoms with Gasteiger partial charge < -0.3 is 4.74 Å². The number of nitrogens with one attached hydrogen (secondary N) is 1. The van der Waals surface area contributed by atoms with Gasteiger partial charge in [-0.25, -0.2) is 0 Å². The lowest BCUT2D eigenvalue weighted by atomic mass is 10.1.